The highest BCUT2D eigenvalue weighted by atomic mass is 79.9. The van der Waals surface area contributed by atoms with Gasteiger partial charge in [-0.3, -0.25) is 4.79 Å². The van der Waals surface area contributed by atoms with Crippen LogP contribution in [0, 0.1) is 5.92 Å². The molecule has 1 saturated heterocycles. The lowest BCUT2D eigenvalue weighted by Gasteiger charge is -2.37. The number of hydrogen-bond acceptors (Lipinski definition) is 3. The van der Waals surface area contributed by atoms with Crippen molar-refractivity contribution < 1.29 is 4.79 Å². The Morgan fingerprint density at radius 3 is 2.76 bits per heavy atom. The third-order valence-corrected chi connectivity index (χ3v) is 4.72. The van der Waals surface area contributed by atoms with Gasteiger partial charge in [0.1, 0.15) is 5.54 Å². The van der Waals surface area contributed by atoms with E-state index in [-0.39, 0.29) is 5.91 Å². The average molecular weight is 354 g/mol. The van der Waals surface area contributed by atoms with Gasteiger partial charge in [0.2, 0.25) is 5.91 Å². The zero-order valence-electron chi connectivity index (χ0n) is 12.7. The molecule has 0 saturated carbocycles. The number of amides is 1. The van der Waals surface area contributed by atoms with E-state index in [0.717, 1.165) is 36.1 Å². The van der Waals surface area contributed by atoms with E-state index >= 15 is 0 Å². The van der Waals surface area contributed by atoms with Crippen LogP contribution in [0.2, 0.25) is 0 Å². The lowest BCUT2D eigenvalue weighted by molar-refractivity contribution is -0.138. The minimum atomic E-state index is -0.970. The van der Waals surface area contributed by atoms with Gasteiger partial charge >= 0.3 is 0 Å². The van der Waals surface area contributed by atoms with Gasteiger partial charge < -0.3 is 16.0 Å². The van der Waals surface area contributed by atoms with E-state index in [1.165, 1.54) is 6.42 Å². The molecule has 1 aromatic rings. The van der Waals surface area contributed by atoms with Crippen molar-refractivity contribution in [2.45, 2.75) is 25.3 Å². The van der Waals surface area contributed by atoms with Gasteiger partial charge in [-0.15, -0.1) is 0 Å². The highest BCUT2D eigenvalue weighted by molar-refractivity contribution is 9.10. The summed E-state index contributed by atoms with van der Waals surface area (Å²) >= 11 is 3.41. The summed E-state index contributed by atoms with van der Waals surface area (Å²) in [6, 6.07) is 7.68. The van der Waals surface area contributed by atoms with Gasteiger partial charge in [-0.2, -0.15) is 0 Å². The first-order chi connectivity index (χ1) is 9.95. The van der Waals surface area contributed by atoms with E-state index in [1.807, 2.05) is 36.2 Å². The van der Waals surface area contributed by atoms with Crippen LogP contribution in [-0.2, 0) is 10.3 Å². The van der Waals surface area contributed by atoms with Crippen LogP contribution in [-0.4, -0.2) is 37.5 Å². The van der Waals surface area contributed by atoms with Crippen molar-refractivity contribution in [3.8, 4) is 0 Å². The standard InChI is InChI=1S/C16H24BrN3O/c1-16(18,13-5-7-14(17)8-6-13)15(21)20-9-3-4-12(11-20)10-19-2/h5-8,12,19H,3-4,9-11,18H2,1-2H3. The molecule has 0 aromatic heterocycles. The fourth-order valence-electron chi connectivity index (χ4n) is 2.95. The van der Waals surface area contributed by atoms with Crippen molar-refractivity contribution in [1.29, 1.82) is 0 Å². The number of piperidine rings is 1. The Labute approximate surface area is 135 Å². The van der Waals surface area contributed by atoms with E-state index < -0.39 is 5.54 Å². The van der Waals surface area contributed by atoms with E-state index in [1.54, 1.807) is 6.92 Å². The first-order valence-corrected chi connectivity index (χ1v) is 8.23. The van der Waals surface area contributed by atoms with Crippen LogP contribution in [0.25, 0.3) is 0 Å². The molecule has 5 heteroatoms. The van der Waals surface area contributed by atoms with Crippen LogP contribution < -0.4 is 11.1 Å². The quantitative estimate of drug-likeness (QED) is 0.871. The Morgan fingerprint density at radius 2 is 2.14 bits per heavy atom. The van der Waals surface area contributed by atoms with Crippen molar-refractivity contribution in [3.05, 3.63) is 34.3 Å². The molecule has 0 bridgehead atoms. The highest BCUT2D eigenvalue weighted by Gasteiger charge is 2.36. The molecule has 1 aliphatic rings. The Hall–Kier alpha value is -0.910. The predicted molar refractivity (Wildman–Crippen MR) is 88.9 cm³/mol. The van der Waals surface area contributed by atoms with Gasteiger partial charge in [0.15, 0.2) is 0 Å². The number of rotatable bonds is 4. The second-order valence-corrected chi connectivity index (χ2v) is 6.94. The maximum Gasteiger partial charge on any atom is 0.246 e. The fraction of sp³-hybridized carbons (Fsp3) is 0.562. The molecule has 3 N–H and O–H groups in total. The summed E-state index contributed by atoms with van der Waals surface area (Å²) < 4.78 is 0.988. The molecule has 4 nitrogen and oxygen atoms in total. The van der Waals surface area contributed by atoms with Crippen LogP contribution in [0.15, 0.2) is 28.7 Å². The molecule has 2 rings (SSSR count). The molecule has 0 spiro atoms. The summed E-state index contributed by atoms with van der Waals surface area (Å²) in [5.74, 6) is 0.541. The minimum absolute atomic E-state index is 0.0191. The molecule has 1 heterocycles. The van der Waals surface area contributed by atoms with Gasteiger partial charge in [0.25, 0.3) is 0 Å². The summed E-state index contributed by atoms with van der Waals surface area (Å²) in [5, 5.41) is 3.20. The number of nitrogens with one attached hydrogen (secondary N) is 1. The van der Waals surface area contributed by atoms with Gasteiger partial charge in [-0.05, 0) is 57.0 Å². The molecule has 2 unspecified atom stereocenters. The van der Waals surface area contributed by atoms with Gasteiger partial charge in [-0.1, -0.05) is 28.1 Å². The number of hydrogen-bond donors (Lipinski definition) is 2. The van der Waals surface area contributed by atoms with E-state index in [9.17, 15) is 4.79 Å². The molecular weight excluding hydrogens is 330 g/mol. The molecule has 2 atom stereocenters. The normalized spacial score (nSPS) is 21.9. The predicted octanol–water partition coefficient (Wildman–Crippen LogP) is 2.08. The van der Waals surface area contributed by atoms with E-state index in [4.69, 9.17) is 5.73 Å². The van der Waals surface area contributed by atoms with Gasteiger partial charge in [0.05, 0.1) is 0 Å². The Kier molecular flexibility index (Phi) is 5.41. The highest BCUT2D eigenvalue weighted by Crippen LogP contribution is 2.25. The number of halogens is 1. The summed E-state index contributed by atoms with van der Waals surface area (Å²) in [7, 11) is 1.95. The molecule has 0 aliphatic carbocycles. The first-order valence-electron chi connectivity index (χ1n) is 7.44. The second-order valence-electron chi connectivity index (χ2n) is 6.03. The van der Waals surface area contributed by atoms with Gasteiger partial charge in [0, 0.05) is 17.6 Å². The Balaban J connectivity index is 2.11. The maximum absolute atomic E-state index is 12.8. The maximum atomic E-state index is 12.8. The van der Waals surface area contributed by atoms with Crippen LogP contribution in [0.5, 0.6) is 0 Å². The summed E-state index contributed by atoms with van der Waals surface area (Å²) in [6.07, 6.45) is 2.22. The number of nitrogens with two attached hydrogens (primary N) is 1. The second kappa shape index (κ2) is 6.90. The molecule has 1 fully saturated rings. The topological polar surface area (TPSA) is 58.4 Å². The summed E-state index contributed by atoms with van der Waals surface area (Å²) in [5.41, 5.74) is 6.24. The Morgan fingerprint density at radius 1 is 1.48 bits per heavy atom. The number of nitrogens with zero attached hydrogens (tertiary/aromatic N) is 1. The van der Waals surface area contributed by atoms with Crippen molar-refractivity contribution in [2.24, 2.45) is 11.7 Å². The van der Waals surface area contributed by atoms with Crippen molar-refractivity contribution in [1.82, 2.24) is 10.2 Å². The lowest BCUT2D eigenvalue weighted by atomic mass is 9.89. The average Bonchev–Trinajstić information content (AvgIpc) is 2.47. The van der Waals surface area contributed by atoms with Crippen molar-refractivity contribution in [3.63, 3.8) is 0 Å². The SMILES string of the molecule is CNCC1CCCN(C(=O)C(C)(N)c2ccc(Br)cc2)C1. The molecule has 1 aromatic carbocycles. The zero-order chi connectivity index (χ0) is 15.5. The number of carbonyl (C=O) groups is 1. The third kappa shape index (κ3) is 3.84. The van der Waals surface area contributed by atoms with Crippen molar-refractivity contribution >= 4 is 21.8 Å². The smallest absolute Gasteiger partial charge is 0.246 e. The molecule has 0 radical (unpaired) electrons. The van der Waals surface area contributed by atoms with Gasteiger partial charge in [-0.25, -0.2) is 0 Å². The van der Waals surface area contributed by atoms with Crippen molar-refractivity contribution in [2.75, 3.05) is 26.7 Å². The largest absolute Gasteiger partial charge is 0.340 e. The van der Waals surface area contributed by atoms with Crippen LogP contribution in [0.1, 0.15) is 25.3 Å². The van der Waals surface area contributed by atoms with Crippen LogP contribution in [0.4, 0.5) is 0 Å². The van der Waals surface area contributed by atoms with Crippen LogP contribution in [0.3, 0.4) is 0 Å². The fourth-order valence-corrected chi connectivity index (χ4v) is 3.22. The zero-order valence-corrected chi connectivity index (χ0v) is 14.3. The lowest BCUT2D eigenvalue weighted by Crippen LogP contribution is -2.54. The number of benzene rings is 1. The summed E-state index contributed by atoms with van der Waals surface area (Å²) in [4.78, 5) is 14.7. The first kappa shape index (κ1) is 16.5. The Bertz CT molecular complexity index is 485. The number of likely N-dealkylation sites (tertiary alicyclic amines) is 1. The third-order valence-electron chi connectivity index (χ3n) is 4.19. The number of carbonyl (C=O) groups excluding carboxylic acids is 1. The van der Waals surface area contributed by atoms with Crippen LogP contribution >= 0.6 is 15.9 Å². The molecule has 116 valence electrons. The monoisotopic (exact) mass is 353 g/mol. The molecule has 1 amide bonds. The summed E-state index contributed by atoms with van der Waals surface area (Å²) in [6.45, 7) is 4.36. The van der Waals surface area contributed by atoms with E-state index in [0.29, 0.717) is 5.92 Å². The molecule has 1 aliphatic heterocycles. The minimum Gasteiger partial charge on any atom is -0.340 e. The molecule has 21 heavy (non-hydrogen) atoms. The van der Waals surface area contributed by atoms with E-state index in [2.05, 4.69) is 21.2 Å². The molecular formula is C16H24BrN3O.